The smallest absolute Gasteiger partial charge is 0.243 e. The van der Waals surface area contributed by atoms with E-state index in [1.54, 1.807) is 0 Å². The van der Waals surface area contributed by atoms with Crippen molar-refractivity contribution in [3.05, 3.63) is 57.6 Å². The summed E-state index contributed by atoms with van der Waals surface area (Å²) in [6.07, 6.45) is 0. The zero-order valence-electron chi connectivity index (χ0n) is 13.4. The third-order valence-corrected chi connectivity index (χ3v) is 3.82. The molecule has 2 aromatic carbocycles. The van der Waals surface area contributed by atoms with Crippen LogP contribution >= 0.6 is 11.6 Å². The summed E-state index contributed by atoms with van der Waals surface area (Å²) in [5.74, 6) is -0.0910. The molecule has 0 radical (unpaired) electrons. The molecule has 2 aromatic rings. The minimum Gasteiger partial charge on any atom is -0.375 e. The number of aryl methyl sites for hydroxylation is 4. The molecular weight excluding hydrogens is 296 g/mol. The van der Waals surface area contributed by atoms with E-state index in [1.165, 1.54) is 5.56 Å². The number of carbonyl (C=O) groups is 1. The molecule has 0 bridgehead atoms. The molecule has 1 amide bonds. The summed E-state index contributed by atoms with van der Waals surface area (Å²) in [5, 5.41) is 6.65. The van der Waals surface area contributed by atoms with Crippen molar-refractivity contribution in [2.75, 3.05) is 17.2 Å². The van der Waals surface area contributed by atoms with Gasteiger partial charge in [-0.15, -0.1) is 0 Å². The number of halogens is 1. The monoisotopic (exact) mass is 316 g/mol. The zero-order chi connectivity index (χ0) is 16.3. The number of amides is 1. The van der Waals surface area contributed by atoms with Crippen LogP contribution < -0.4 is 10.6 Å². The maximum atomic E-state index is 12.1. The Balaban J connectivity index is 2.02. The van der Waals surface area contributed by atoms with Crippen molar-refractivity contribution in [2.45, 2.75) is 27.7 Å². The van der Waals surface area contributed by atoms with Gasteiger partial charge < -0.3 is 10.6 Å². The Hall–Kier alpha value is -2.00. The molecule has 0 saturated carbocycles. The second kappa shape index (κ2) is 6.84. The molecule has 2 rings (SSSR count). The standard InChI is InChI=1S/C18H21ClN2O/c1-11-5-6-16(15(19)9-11)20-10-17(22)21-18-13(3)7-12(2)8-14(18)4/h5-9,20H,10H2,1-4H3,(H,21,22). The van der Waals surface area contributed by atoms with Crippen molar-refractivity contribution >= 4 is 28.9 Å². The lowest BCUT2D eigenvalue weighted by Crippen LogP contribution is -2.22. The summed E-state index contributed by atoms with van der Waals surface area (Å²) in [6, 6.07) is 9.84. The Bertz CT molecular complexity index is 687. The summed E-state index contributed by atoms with van der Waals surface area (Å²) < 4.78 is 0. The lowest BCUT2D eigenvalue weighted by atomic mass is 10.1. The highest BCUT2D eigenvalue weighted by Gasteiger charge is 2.09. The van der Waals surface area contributed by atoms with Crippen LogP contribution in [0.2, 0.25) is 5.02 Å². The normalized spacial score (nSPS) is 10.4. The molecule has 0 atom stereocenters. The summed E-state index contributed by atoms with van der Waals surface area (Å²) in [6.45, 7) is 8.20. The van der Waals surface area contributed by atoms with Crippen molar-refractivity contribution in [3.63, 3.8) is 0 Å². The Morgan fingerprint density at radius 1 is 1.00 bits per heavy atom. The van der Waals surface area contributed by atoms with E-state index >= 15 is 0 Å². The van der Waals surface area contributed by atoms with Crippen LogP contribution in [-0.4, -0.2) is 12.5 Å². The van der Waals surface area contributed by atoms with Gasteiger partial charge in [-0.1, -0.05) is 35.4 Å². The molecule has 0 spiro atoms. The van der Waals surface area contributed by atoms with Gasteiger partial charge in [0.2, 0.25) is 5.91 Å². The second-order valence-corrected chi connectivity index (χ2v) is 6.07. The Labute approximate surface area is 136 Å². The molecule has 0 heterocycles. The van der Waals surface area contributed by atoms with Gasteiger partial charge in [0, 0.05) is 5.69 Å². The molecule has 0 aromatic heterocycles. The van der Waals surface area contributed by atoms with Crippen LogP contribution in [0, 0.1) is 27.7 Å². The number of anilines is 2. The molecule has 2 N–H and O–H groups in total. The number of hydrogen-bond donors (Lipinski definition) is 2. The van der Waals surface area contributed by atoms with Crippen LogP contribution in [-0.2, 0) is 4.79 Å². The van der Waals surface area contributed by atoms with Gasteiger partial charge in [-0.2, -0.15) is 0 Å². The second-order valence-electron chi connectivity index (χ2n) is 5.66. The van der Waals surface area contributed by atoms with Crippen LogP contribution in [0.25, 0.3) is 0 Å². The van der Waals surface area contributed by atoms with E-state index < -0.39 is 0 Å². The van der Waals surface area contributed by atoms with E-state index in [0.717, 1.165) is 28.1 Å². The molecule has 116 valence electrons. The highest BCUT2D eigenvalue weighted by atomic mass is 35.5. The quantitative estimate of drug-likeness (QED) is 0.863. The minimum absolute atomic E-state index is 0.0910. The van der Waals surface area contributed by atoms with Crippen molar-refractivity contribution in [2.24, 2.45) is 0 Å². The largest absolute Gasteiger partial charge is 0.375 e. The Morgan fingerprint density at radius 3 is 2.23 bits per heavy atom. The first kappa shape index (κ1) is 16.4. The lowest BCUT2D eigenvalue weighted by molar-refractivity contribution is -0.114. The van der Waals surface area contributed by atoms with Gasteiger partial charge in [-0.05, 0) is 56.5 Å². The number of nitrogens with one attached hydrogen (secondary N) is 2. The summed E-state index contributed by atoms with van der Waals surface area (Å²) in [7, 11) is 0. The fourth-order valence-corrected chi connectivity index (χ4v) is 2.80. The van der Waals surface area contributed by atoms with Crippen LogP contribution in [0.15, 0.2) is 30.3 Å². The molecule has 0 fully saturated rings. The summed E-state index contributed by atoms with van der Waals surface area (Å²) >= 11 is 6.15. The first-order chi connectivity index (χ1) is 10.4. The minimum atomic E-state index is -0.0910. The van der Waals surface area contributed by atoms with Gasteiger partial charge in [0.25, 0.3) is 0 Å². The maximum Gasteiger partial charge on any atom is 0.243 e. The van der Waals surface area contributed by atoms with Gasteiger partial charge in [0.05, 0.1) is 17.3 Å². The fraction of sp³-hybridized carbons (Fsp3) is 0.278. The van der Waals surface area contributed by atoms with Crippen LogP contribution in [0.3, 0.4) is 0 Å². The summed E-state index contributed by atoms with van der Waals surface area (Å²) in [4.78, 5) is 12.1. The molecule has 0 aliphatic heterocycles. The van der Waals surface area contributed by atoms with E-state index in [1.807, 2.05) is 45.9 Å². The first-order valence-electron chi connectivity index (χ1n) is 7.24. The Morgan fingerprint density at radius 2 is 1.64 bits per heavy atom. The molecular formula is C18H21ClN2O. The van der Waals surface area contributed by atoms with Crippen molar-refractivity contribution in [3.8, 4) is 0 Å². The maximum absolute atomic E-state index is 12.1. The number of carbonyl (C=O) groups excluding carboxylic acids is 1. The molecule has 22 heavy (non-hydrogen) atoms. The van der Waals surface area contributed by atoms with Crippen molar-refractivity contribution in [1.29, 1.82) is 0 Å². The molecule has 0 unspecified atom stereocenters. The molecule has 4 heteroatoms. The average Bonchev–Trinajstić information content (AvgIpc) is 2.42. The van der Waals surface area contributed by atoms with E-state index in [-0.39, 0.29) is 12.5 Å². The van der Waals surface area contributed by atoms with Crippen LogP contribution in [0.5, 0.6) is 0 Å². The SMILES string of the molecule is Cc1cc(C)c(NC(=O)CNc2ccc(C)cc2Cl)c(C)c1. The number of hydrogen-bond acceptors (Lipinski definition) is 2. The van der Waals surface area contributed by atoms with Crippen molar-refractivity contribution in [1.82, 2.24) is 0 Å². The van der Waals surface area contributed by atoms with Gasteiger partial charge in [-0.3, -0.25) is 4.79 Å². The first-order valence-corrected chi connectivity index (χ1v) is 7.62. The van der Waals surface area contributed by atoms with E-state index in [2.05, 4.69) is 22.8 Å². The highest BCUT2D eigenvalue weighted by Crippen LogP contribution is 2.23. The molecule has 0 saturated heterocycles. The Kier molecular flexibility index (Phi) is 5.09. The predicted octanol–water partition coefficient (Wildman–Crippen LogP) is 4.62. The molecule has 3 nitrogen and oxygen atoms in total. The van der Waals surface area contributed by atoms with E-state index in [4.69, 9.17) is 11.6 Å². The number of benzene rings is 2. The summed E-state index contributed by atoms with van der Waals surface area (Å²) in [5.41, 5.74) is 6.06. The zero-order valence-corrected chi connectivity index (χ0v) is 14.1. The third-order valence-electron chi connectivity index (χ3n) is 3.51. The lowest BCUT2D eigenvalue weighted by Gasteiger charge is -2.14. The fourth-order valence-electron chi connectivity index (χ4n) is 2.50. The molecule has 0 aliphatic carbocycles. The van der Waals surface area contributed by atoms with Gasteiger partial charge in [0.15, 0.2) is 0 Å². The van der Waals surface area contributed by atoms with E-state index in [9.17, 15) is 4.79 Å². The van der Waals surface area contributed by atoms with Gasteiger partial charge in [-0.25, -0.2) is 0 Å². The van der Waals surface area contributed by atoms with Crippen LogP contribution in [0.4, 0.5) is 11.4 Å². The van der Waals surface area contributed by atoms with Gasteiger partial charge in [0.1, 0.15) is 0 Å². The predicted molar refractivity (Wildman–Crippen MR) is 94.0 cm³/mol. The highest BCUT2D eigenvalue weighted by molar-refractivity contribution is 6.33. The van der Waals surface area contributed by atoms with Crippen molar-refractivity contribution < 1.29 is 4.79 Å². The number of rotatable bonds is 4. The third kappa shape index (κ3) is 4.01. The average molecular weight is 317 g/mol. The van der Waals surface area contributed by atoms with Crippen LogP contribution in [0.1, 0.15) is 22.3 Å². The topological polar surface area (TPSA) is 41.1 Å². The molecule has 0 aliphatic rings. The van der Waals surface area contributed by atoms with Gasteiger partial charge >= 0.3 is 0 Å². The van der Waals surface area contributed by atoms with E-state index in [0.29, 0.717) is 5.02 Å².